The SMILES string of the molecule is Cc1nc(CNC(=O)N2CCOCC2CO)sc1C(=O)O. The maximum atomic E-state index is 12.1. The second-order valence-electron chi connectivity index (χ2n) is 4.59. The molecule has 0 aromatic carbocycles. The van der Waals surface area contributed by atoms with Crippen LogP contribution in [0.2, 0.25) is 0 Å². The molecule has 2 amide bonds. The van der Waals surface area contributed by atoms with Crippen molar-refractivity contribution in [1.82, 2.24) is 15.2 Å². The number of nitrogens with zero attached hydrogens (tertiary/aromatic N) is 2. The average molecular weight is 315 g/mol. The Morgan fingerprint density at radius 1 is 1.57 bits per heavy atom. The molecular formula is C12H17N3O5S. The van der Waals surface area contributed by atoms with Crippen molar-refractivity contribution >= 4 is 23.3 Å². The van der Waals surface area contributed by atoms with Crippen molar-refractivity contribution in [3.8, 4) is 0 Å². The number of hydrogen-bond acceptors (Lipinski definition) is 6. The van der Waals surface area contributed by atoms with Crippen LogP contribution >= 0.6 is 11.3 Å². The highest BCUT2D eigenvalue weighted by atomic mass is 32.1. The monoisotopic (exact) mass is 315 g/mol. The molecule has 3 N–H and O–H groups in total. The molecule has 1 fully saturated rings. The molecule has 1 aliphatic heterocycles. The highest BCUT2D eigenvalue weighted by molar-refractivity contribution is 7.13. The average Bonchev–Trinajstić information content (AvgIpc) is 2.86. The van der Waals surface area contributed by atoms with Crippen LogP contribution in [0.5, 0.6) is 0 Å². The Labute approximate surface area is 125 Å². The van der Waals surface area contributed by atoms with E-state index in [1.165, 1.54) is 4.90 Å². The van der Waals surface area contributed by atoms with E-state index < -0.39 is 5.97 Å². The van der Waals surface area contributed by atoms with Gasteiger partial charge in [0.2, 0.25) is 0 Å². The van der Waals surface area contributed by atoms with E-state index in [9.17, 15) is 14.7 Å². The number of morpholine rings is 1. The third-order valence-corrected chi connectivity index (χ3v) is 4.27. The van der Waals surface area contributed by atoms with Crippen LogP contribution in [-0.4, -0.2) is 64.5 Å². The lowest BCUT2D eigenvalue weighted by molar-refractivity contribution is -0.00766. The van der Waals surface area contributed by atoms with Gasteiger partial charge in [-0.15, -0.1) is 11.3 Å². The summed E-state index contributed by atoms with van der Waals surface area (Å²) in [6, 6.07) is -0.673. The number of aryl methyl sites for hydroxylation is 1. The summed E-state index contributed by atoms with van der Waals surface area (Å²) in [4.78, 5) is 28.8. The van der Waals surface area contributed by atoms with Crippen molar-refractivity contribution in [2.24, 2.45) is 0 Å². The van der Waals surface area contributed by atoms with E-state index in [4.69, 9.17) is 9.84 Å². The van der Waals surface area contributed by atoms with Crippen molar-refractivity contribution < 1.29 is 24.5 Å². The van der Waals surface area contributed by atoms with Crippen molar-refractivity contribution in [3.63, 3.8) is 0 Å². The number of amides is 2. The molecule has 1 aromatic rings. The minimum Gasteiger partial charge on any atom is -0.477 e. The van der Waals surface area contributed by atoms with Crippen molar-refractivity contribution in [2.45, 2.75) is 19.5 Å². The number of hydrogen-bond donors (Lipinski definition) is 3. The van der Waals surface area contributed by atoms with Gasteiger partial charge in [0, 0.05) is 6.54 Å². The first kappa shape index (κ1) is 15.7. The van der Waals surface area contributed by atoms with Crippen LogP contribution < -0.4 is 5.32 Å². The van der Waals surface area contributed by atoms with Crippen LogP contribution in [0.4, 0.5) is 4.79 Å². The lowest BCUT2D eigenvalue weighted by Gasteiger charge is -2.34. The number of carboxylic acids is 1. The summed E-state index contributed by atoms with van der Waals surface area (Å²) in [5, 5.41) is 21.4. The third kappa shape index (κ3) is 3.69. The Balaban J connectivity index is 1.94. The van der Waals surface area contributed by atoms with E-state index >= 15 is 0 Å². The van der Waals surface area contributed by atoms with Crippen LogP contribution in [-0.2, 0) is 11.3 Å². The normalized spacial score (nSPS) is 18.6. The molecule has 2 heterocycles. The highest BCUT2D eigenvalue weighted by Gasteiger charge is 2.26. The van der Waals surface area contributed by atoms with E-state index in [2.05, 4.69) is 10.3 Å². The number of carboxylic acid groups (broad SMARTS) is 1. The summed E-state index contributed by atoms with van der Waals surface area (Å²) in [7, 11) is 0. The van der Waals surface area contributed by atoms with E-state index in [-0.39, 0.29) is 30.1 Å². The van der Waals surface area contributed by atoms with Gasteiger partial charge in [0.05, 0.1) is 38.1 Å². The maximum Gasteiger partial charge on any atom is 0.347 e. The first-order chi connectivity index (χ1) is 10.0. The lowest BCUT2D eigenvalue weighted by Crippen LogP contribution is -2.53. The predicted octanol–water partition coefficient (Wildman–Crippen LogP) is 0.0524. The Morgan fingerprint density at radius 3 is 2.95 bits per heavy atom. The number of urea groups is 1. The summed E-state index contributed by atoms with van der Waals surface area (Å²) < 4.78 is 5.20. The molecule has 116 valence electrons. The number of rotatable bonds is 4. The second-order valence-corrected chi connectivity index (χ2v) is 5.67. The molecule has 0 spiro atoms. The number of nitrogens with one attached hydrogen (secondary N) is 1. The Kier molecular flexibility index (Phi) is 5.10. The minimum atomic E-state index is -1.02. The lowest BCUT2D eigenvalue weighted by atomic mass is 10.2. The van der Waals surface area contributed by atoms with Gasteiger partial charge in [0.1, 0.15) is 9.88 Å². The molecule has 21 heavy (non-hydrogen) atoms. The Morgan fingerprint density at radius 2 is 2.33 bits per heavy atom. The van der Waals surface area contributed by atoms with Gasteiger partial charge in [-0.2, -0.15) is 0 Å². The minimum absolute atomic E-state index is 0.160. The molecule has 8 nitrogen and oxygen atoms in total. The fourth-order valence-electron chi connectivity index (χ4n) is 2.05. The van der Waals surface area contributed by atoms with E-state index in [1.807, 2.05) is 0 Å². The van der Waals surface area contributed by atoms with Gasteiger partial charge < -0.3 is 25.2 Å². The van der Waals surface area contributed by atoms with Crippen LogP contribution in [0, 0.1) is 6.92 Å². The largest absolute Gasteiger partial charge is 0.477 e. The van der Waals surface area contributed by atoms with Gasteiger partial charge in [-0.1, -0.05) is 0 Å². The molecule has 0 aliphatic carbocycles. The first-order valence-corrected chi connectivity index (χ1v) is 7.27. The maximum absolute atomic E-state index is 12.1. The first-order valence-electron chi connectivity index (χ1n) is 6.45. The van der Waals surface area contributed by atoms with E-state index in [0.717, 1.165) is 11.3 Å². The summed E-state index contributed by atoms with van der Waals surface area (Å²) >= 11 is 1.04. The fraction of sp³-hybridized carbons (Fsp3) is 0.583. The molecular weight excluding hydrogens is 298 g/mol. The van der Waals surface area contributed by atoms with E-state index in [1.54, 1.807) is 6.92 Å². The molecule has 0 saturated carbocycles. The molecule has 1 aromatic heterocycles. The van der Waals surface area contributed by atoms with Gasteiger partial charge in [-0.05, 0) is 6.92 Å². The zero-order valence-electron chi connectivity index (χ0n) is 11.5. The summed E-state index contributed by atoms with van der Waals surface area (Å²) in [6.45, 7) is 2.77. The summed E-state index contributed by atoms with van der Waals surface area (Å²) in [6.07, 6.45) is 0. The van der Waals surface area contributed by atoms with Gasteiger partial charge in [0.15, 0.2) is 0 Å². The molecule has 1 saturated heterocycles. The highest BCUT2D eigenvalue weighted by Crippen LogP contribution is 2.18. The van der Waals surface area contributed by atoms with Crippen molar-refractivity contribution in [1.29, 1.82) is 0 Å². The third-order valence-electron chi connectivity index (χ3n) is 3.13. The Hall–Kier alpha value is -1.71. The van der Waals surface area contributed by atoms with Crippen LogP contribution in [0.25, 0.3) is 0 Å². The number of carbonyl (C=O) groups excluding carboxylic acids is 1. The van der Waals surface area contributed by atoms with Gasteiger partial charge in [-0.3, -0.25) is 0 Å². The Bertz CT molecular complexity index is 533. The van der Waals surface area contributed by atoms with Crippen molar-refractivity contribution in [3.05, 3.63) is 15.6 Å². The molecule has 0 radical (unpaired) electrons. The van der Waals surface area contributed by atoms with Crippen LogP contribution in [0.15, 0.2) is 0 Å². The van der Waals surface area contributed by atoms with Crippen LogP contribution in [0.3, 0.4) is 0 Å². The number of aliphatic hydroxyl groups is 1. The second kappa shape index (κ2) is 6.83. The number of thiazole rings is 1. The molecule has 2 rings (SSSR count). The van der Waals surface area contributed by atoms with Gasteiger partial charge >= 0.3 is 12.0 Å². The van der Waals surface area contributed by atoms with E-state index in [0.29, 0.717) is 30.5 Å². The number of aromatic nitrogens is 1. The molecule has 0 bridgehead atoms. The topological polar surface area (TPSA) is 112 Å². The summed E-state index contributed by atoms with van der Waals surface area (Å²) in [5.41, 5.74) is 0.441. The molecule has 1 unspecified atom stereocenters. The predicted molar refractivity (Wildman–Crippen MR) is 74.4 cm³/mol. The molecule has 1 atom stereocenters. The van der Waals surface area contributed by atoms with Crippen molar-refractivity contribution in [2.75, 3.05) is 26.4 Å². The quantitative estimate of drug-likeness (QED) is 0.724. The number of carbonyl (C=O) groups is 2. The molecule has 9 heteroatoms. The number of ether oxygens (including phenoxy) is 1. The number of aromatic carboxylic acids is 1. The molecule has 1 aliphatic rings. The smallest absolute Gasteiger partial charge is 0.347 e. The standard InChI is InChI=1S/C12H17N3O5S/c1-7-10(11(17)18)21-9(14-7)4-13-12(19)15-2-3-20-6-8(15)5-16/h8,16H,2-6H2,1H3,(H,13,19)(H,17,18). The zero-order valence-corrected chi connectivity index (χ0v) is 12.4. The fourth-order valence-corrected chi connectivity index (χ4v) is 2.90. The summed E-state index contributed by atoms with van der Waals surface area (Å²) in [5.74, 6) is -1.02. The number of aliphatic hydroxyl groups excluding tert-OH is 1. The van der Waals surface area contributed by atoms with Gasteiger partial charge in [-0.25, -0.2) is 14.6 Å². The van der Waals surface area contributed by atoms with Crippen LogP contribution in [0.1, 0.15) is 20.4 Å². The zero-order chi connectivity index (χ0) is 15.4. The van der Waals surface area contributed by atoms with Gasteiger partial charge in [0.25, 0.3) is 0 Å².